The zero-order chi connectivity index (χ0) is 18.1. The molecule has 4 unspecified atom stereocenters. The van der Waals surface area contributed by atoms with Gasteiger partial charge in [-0.25, -0.2) is 4.39 Å². The zero-order valence-electron chi connectivity index (χ0n) is 12.5. The maximum absolute atomic E-state index is 13.9. The highest BCUT2D eigenvalue weighted by Gasteiger charge is 2.52. The molecule has 0 bridgehead atoms. The molecule has 0 aliphatic heterocycles. The van der Waals surface area contributed by atoms with Gasteiger partial charge in [-0.05, 0) is 26.7 Å². The maximum atomic E-state index is 13.9. The van der Waals surface area contributed by atoms with Gasteiger partial charge in [0.1, 0.15) is 6.17 Å². The Morgan fingerprint density at radius 3 is 1.65 bits per heavy atom. The third-order valence-corrected chi connectivity index (χ3v) is 6.20. The van der Waals surface area contributed by atoms with E-state index in [9.17, 15) is 35.3 Å². The lowest BCUT2D eigenvalue weighted by molar-refractivity contribution is -0.205. The molecule has 1 aliphatic rings. The highest BCUT2D eigenvalue weighted by molar-refractivity contribution is 7.54. The van der Waals surface area contributed by atoms with E-state index < -0.39 is 44.0 Å². The molecular weight excluding hydrogens is 356 g/mol. The standard InChI is InChI=1S/C12H18F7O3P/c1-7(11(14,15)16)21-23(20,22-8(2)12(17,18)19)10-6-4-3-5-9(10)13/h7-10H,3-6H2,1-2H3. The van der Waals surface area contributed by atoms with Crippen LogP contribution in [-0.2, 0) is 13.6 Å². The summed E-state index contributed by atoms with van der Waals surface area (Å²) in [7, 11) is -4.97. The van der Waals surface area contributed by atoms with Gasteiger partial charge >= 0.3 is 19.9 Å². The third kappa shape index (κ3) is 5.60. The summed E-state index contributed by atoms with van der Waals surface area (Å²) in [5.41, 5.74) is -1.63. The number of hydrogen-bond donors (Lipinski definition) is 0. The minimum Gasteiger partial charge on any atom is -0.296 e. The third-order valence-electron chi connectivity index (χ3n) is 3.59. The zero-order valence-corrected chi connectivity index (χ0v) is 13.3. The van der Waals surface area contributed by atoms with Gasteiger partial charge in [0.25, 0.3) is 0 Å². The lowest BCUT2D eigenvalue weighted by atomic mass is 9.98. The topological polar surface area (TPSA) is 35.5 Å². The molecule has 0 radical (unpaired) electrons. The second kappa shape index (κ2) is 7.27. The first-order valence-electron chi connectivity index (χ1n) is 7.01. The molecule has 0 saturated heterocycles. The van der Waals surface area contributed by atoms with Crippen LogP contribution in [0, 0.1) is 0 Å². The molecule has 23 heavy (non-hydrogen) atoms. The fourth-order valence-corrected chi connectivity index (χ4v) is 4.69. The first-order valence-corrected chi connectivity index (χ1v) is 8.62. The minimum atomic E-state index is -4.97. The lowest BCUT2D eigenvalue weighted by Crippen LogP contribution is -2.37. The van der Waals surface area contributed by atoms with Gasteiger partial charge in [0.15, 0.2) is 12.2 Å². The van der Waals surface area contributed by atoms with Crippen molar-refractivity contribution in [1.29, 1.82) is 0 Å². The molecule has 1 rings (SSSR count). The molecule has 0 aromatic heterocycles. The van der Waals surface area contributed by atoms with Crippen molar-refractivity contribution in [2.24, 2.45) is 0 Å². The Hall–Kier alpha value is -0.340. The molecule has 1 aliphatic carbocycles. The number of rotatable bonds is 5. The number of halogens is 7. The summed E-state index contributed by atoms with van der Waals surface area (Å²) in [5, 5.41) is 0. The molecule has 1 fully saturated rings. The predicted molar refractivity (Wildman–Crippen MR) is 68.0 cm³/mol. The molecule has 3 nitrogen and oxygen atoms in total. The van der Waals surface area contributed by atoms with Gasteiger partial charge in [0.05, 0.1) is 5.66 Å². The summed E-state index contributed by atoms with van der Waals surface area (Å²) < 4.78 is 111. The predicted octanol–water partition coefficient (Wildman–Crippen LogP) is 5.40. The molecule has 0 aromatic rings. The van der Waals surface area contributed by atoms with E-state index in [4.69, 9.17) is 0 Å². The minimum absolute atomic E-state index is 0.109. The monoisotopic (exact) mass is 374 g/mol. The molecule has 138 valence electrons. The first-order chi connectivity index (χ1) is 10.3. The number of hydrogen-bond acceptors (Lipinski definition) is 3. The van der Waals surface area contributed by atoms with Crippen molar-refractivity contribution < 1.29 is 44.3 Å². The van der Waals surface area contributed by atoms with Crippen molar-refractivity contribution in [1.82, 2.24) is 0 Å². The van der Waals surface area contributed by atoms with Crippen LogP contribution in [0.2, 0.25) is 0 Å². The fourth-order valence-electron chi connectivity index (χ4n) is 2.16. The van der Waals surface area contributed by atoms with Crippen molar-refractivity contribution in [2.75, 3.05) is 0 Å². The van der Waals surface area contributed by atoms with Crippen LogP contribution in [-0.4, -0.2) is 36.4 Å². The highest BCUT2D eigenvalue weighted by atomic mass is 31.2. The maximum Gasteiger partial charge on any atom is 0.414 e. The van der Waals surface area contributed by atoms with Crippen LogP contribution in [0.5, 0.6) is 0 Å². The molecule has 11 heteroatoms. The quantitative estimate of drug-likeness (QED) is 0.478. The Morgan fingerprint density at radius 2 is 1.30 bits per heavy atom. The molecule has 1 saturated carbocycles. The molecule has 0 spiro atoms. The van der Waals surface area contributed by atoms with E-state index in [1.807, 2.05) is 0 Å². The number of alkyl halides is 7. The van der Waals surface area contributed by atoms with E-state index >= 15 is 0 Å². The van der Waals surface area contributed by atoms with E-state index in [0.29, 0.717) is 26.7 Å². The van der Waals surface area contributed by atoms with Crippen LogP contribution >= 0.6 is 7.60 Å². The largest absolute Gasteiger partial charge is 0.414 e. The molecule has 0 heterocycles. The fraction of sp³-hybridized carbons (Fsp3) is 1.00. The Balaban J connectivity index is 3.06. The second-order valence-electron chi connectivity index (χ2n) is 5.49. The van der Waals surface area contributed by atoms with E-state index in [-0.39, 0.29) is 12.8 Å². The lowest BCUT2D eigenvalue weighted by Gasteiger charge is -2.35. The van der Waals surface area contributed by atoms with Gasteiger partial charge in [0, 0.05) is 0 Å². The van der Waals surface area contributed by atoms with Gasteiger partial charge < -0.3 is 0 Å². The molecule has 4 atom stereocenters. The van der Waals surface area contributed by atoms with Crippen LogP contribution in [0.25, 0.3) is 0 Å². The average molecular weight is 374 g/mol. The molecule has 0 N–H and O–H groups in total. The highest BCUT2D eigenvalue weighted by Crippen LogP contribution is 2.61. The van der Waals surface area contributed by atoms with E-state index in [1.54, 1.807) is 0 Å². The summed E-state index contributed by atoms with van der Waals surface area (Å²) in [6.45, 7) is 0.981. The van der Waals surface area contributed by atoms with E-state index in [2.05, 4.69) is 9.05 Å². The summed E-state index contributed by atoms with van der Waals surface area (Å²) in [5.74, 6) is 0. The summed E-state index contributed by atoms with van der Waals surface area (Å²) in [6, 6.07) is 0. The van der Waals surface area contributed by atoms with E-state index in [1.165, 1.54) is 0 Å². The van der Waals surface area contributed by atoms with Crippen molar-refractivity contribution in [3.8, 4) is 0 Å². The van der Waals surface area contributed by atoms with Crippen LogP contribution in [0.4, 0.5) is 30.7 Å². The molecule has 0 aromatic carbocycles. The van der Waals surface area contributed by atoms with Crippen molar-refractivity contribution in [3.63, 3.8) is 0 Å². The van der Waals surface area contributed by atoms with Crippen LogP contribution in [0.15, 0.2) is 0 Å². The van der Waals surface area contributed by atoms with Crippen molar-refractivity contribution in [3.05, 3.63) is 0 Å². The molecule has 0 amide bonds. The first kappa shape index (κ1) is 20.7. The molecular formula is C12H18F7O3P. The Bertz CT molecular complexity index is 411. The Labute approximate surface area is 129 Å². The van der Waals surface area contributed by atoms with Gasteiger partial charge in [-0.1, -0.05) is 12.8 Å². The summed E-state index contributed by atoms with van der Waals surface area (Å²) >= 11 is 0. The average Bonchev–Trinajstić information content (AvgIpc) is 2.36. The summed E-state index contributed by atoms with van der Waals surface area (Å²) in [6.07, 6.45) is -16.6. The normalized spacial score (nSPS) is 28.9. The van der Waals surface area contributed by atoms with Crippen molar-refractivity contribution in [2.45, 2.75) is 75.9 Å². The Kier molecular flexibility index (Phi) is 6.54. The second-order valence-corrected chi connectivity index (χ2v) is 7.65. The van der Waals surface area contributed by atoms with Gasteiger partial charge in [-0.2, -0.15) is 26.3 Å². The van der Waals surface area contributed by atoms with Crippen LogP contribution in [0.3, 0.4) is 0 Å². The smallest absolute Gasteiger partial charge is 0.296 e. The van der Waals surface area contributed by atoms with Crippen molar-refractivity contribution >= 4 is 7.60 Å². The van der Waals surface area contributed by atoms with Crippen LogP contribution < -0.4 is 0 Å². The van der Waals surface area contributed by atoms with Gasteiger partial charge in [0.2, 0.25) is 0 Å². The summed E-state index contributed by atoms with van der Waals surface area (Å²) in [4.78, 5) is 0. The van der Waals surface area contributed by atoms with E-state index in [0.717, 1.165) is 0 Å². The van der Waals surface area contributed by atoms with Gasteiger partial charge in [-0.15, -0.1) is 0 Å². The Morgan fingerprint density at radius 1 is 0.913 bits per heavy atom. The van der Waals surface area contributed by atoms with Gasteiger partial charge in [-0.3, -0.25) is 13.6 Å². The SMILES string of the molecule is CC(OP(=O)(OC(C)C(F)(F)F)C1CCCCC1F)C(F)(F)F. The van der Waals surface area contributed by atoms with Crippen LogP contribution in [0.1, 0.15) is 39.5 Å².